The second-order valence-corrected chi connectivity index (χ2v) is 7.44. The maximum Gasteiger partial charge on any atom is 0.260 e. The first kappa shape index (κ1) is 17.6. The van der Waals surface area contributed by atoms with Gasteiger partial charge in [-0.25, -0.2) is 9.37 Å². The molecule has 0 atom stereocenters. The number of aromatic nitrogens is 1. The number of fused-ring (bicyclic) bond motifs is 1. The summed E-state index contributed by atoms with van der Waals surface area (Å²) in [6.07, 6.45) is 0. The molecular formula is C21H14ClFN2OS. The first-order chi connectivity index (χ1) is 13.1. The van der Waals surface area contributed by atoms with E-state index in [-0.39, 0.29) is 11.7 Å². The Morgan fingerprint density at radius 1 is 1.04 bits per heavy atom. The third kappa shape index (κ3) is 3.84. The van der Waals surface area contributed by atoms with E-state index in [1.54, 1.807) is 11.0 Å². The van der Waals surface area contributed by atoms with Gasteiger partial charge >= 0.3 is 0 Å². The van der Waals surface area contributed by atoms with Gasteiger partial charge in [0.1, 0.15) is 5.82 Å². The van der Waals surface area contributed by atoms with Gasteiger partial charge < -0.3 is 0 Å². The Hall–Kier alpha value is -2.76. The summed E-state index contributed by atoms with van der Waals surface area (Å²) in [5, 5.41) is 1.20. The van der Waals surface area contributed by atoms with Crippen molar-refractivity contribution in [3.8, 4) is 0 Å². The lowest BCUT2D eigenvalue weighted by Gasteiger charge is -2.20. The number of hydrogen-bond acceptors (Lipinski definition) is 3. The monoisotopic (exact) mass is 396 g/mol. The molecule has 6 heteroatoms. The van der Waals surface area contributed by atoms with Crippen LogP contribution in [0.2, 0.25) is 5.02 Å². The van der Waals surface area contributed by atoms with Gasteiger partial charge in [-0.15, -0.1) is 0 Å². The maximum atomic E-state index is 13.3. The van der Waals surface area contributed by atoms with Crippen molar-refractivity contribution >= 4 is 44.2 Å². The lowest BCUT2D eigenvalue weighted by molar-refractivity contribution is 0.0985. The summed E-state index contributed by atoms with van der Waals surface area (Å²) in [5.74, 6) is -0.611. The van der Waals surface area contributed by atoms with E-state index in [1.165, 1.54) is 35.6 Å². The van der Waals surface area contributed by atoms with Crippen molar-refractivity contribution in [2.24, 2.45) is 0 Å². The molecule has 0 saturated heterocycles. The summed E-state index contributed by atoms with van der Waals surface area (Å²) >= 11 is 7.47. The lowest BCUT2D eigenvalue weighted by atomic mass is 10.1. The van der Waals surface area contributed by atoms with Gasteiger partial charge in [0.2, 0.25) is 0 Å². The zero-order valence-electron chi connectivity index (χ0n) is 14.1. The van der Waals surface area contributed by atoms with Crippen LogP contribution in [0.25, 0.3) is 10.2 Å². The molecule has 0 N–H and O–H groups in total. The fourth-order valence-electron chi connectivity index (χ4n) is 2.74. The van der Waals surface area contributed by atoms with E-state index >= 15 is 0 Å². The van der Waals surface area contributed by atoms with Crippen molar-refractivity contribution in [1.82, 2.24) is 4.98 Å². The van der Waals surface area contributed by atoms with Crippen molar-refractivity contribution in [3.05, 3.63) is 94.8 Å². The lowest BCUT2D eigenvalue weighted by Crippen LogP contribution is -2.30. The molecule has 0 unspecified atom stereocenters. The van der Waals surface area contributed by atoms with Crippen LogP contribution in [0, 0.1) is 5.82 Å². The van der Waals surface area contributed by atoms with Crippen LogP contribution in [-0.4, -0.2) is 10.9 Å². The minimum Gasteiger partial charge on any atom is -0.279 e. The highest BCUT2D eigenvalue weighted by atomic mass is 35.5. The summed E-state index contributed by atoms with van der Waals surface area (Å²) in [6, 6.07) is 20.7. The smallest absolute Gasteiger partial charge is 0.260 e. The van der Waals surface area contributed by atoms with Crippen LogP contribution in [0.5, 0.6) is 0 Å². The van der Waals surface area contributed by atoms with Crippen LogP contribution in [0.4, 0.5) is 9.52 Å². The van der Waals surface area contributed by atoms with Crippen molar-refractivity contribution in [3.63, 3.8) is 0 Å². The van der Waals surface area contributed by atoms with E-state index < -0.39 is 0 Å². The first-order valence-corrected chi connectivity index (χ1v) is 9.47. The number of anilines is 1. The molecule has 1 amide bonds. The van der Waals surface area contributed by atoms with Gasteiger partial charge in [-0.05, 0) is 48.0 Å². The van der Waals surface area contributed by atoms with Crippen LogP contribution >= 0.6 is 22.9 Å². The molecule has 0 aliphatic rings. The molecule has 1 heterocycles. The normalized spacial score (nSPS) is 10.9. The maximum absolute atomic E-state index is 13.3. The van der Waals surface area contributed by atoms with Crippen LogP contribution in [0.3, 0.4) is 0 Å². The molecule has 0 spiro atoms. The fourth-order valence-corrected chi connectivity index (χ4v) is 3.98. The highest BCUT2D eigenvalue weighted by molar-refractivity contribution is 7.22. The molecule has 0 saturated carbocycles. The molecule has 0 fully saturated rings. The standard InChI is InChI=1S/C21H14ClFN2OS/c22-16-8-11-18-19(12-16)27-21(24-18)25(13-14-4-2-1-3-5-14)20(26)15-6-9-17(23)10-7-15/h1-12H,13H2. The van der Waals surface area contributed by atoms with Gasteiger partial charge in [0.15, 0.2) is 5.13 Å². The van der Waals surface area contributed by atoms with Gasteiger partial charge in [0, 0.05) is 10.6 Å². The number of rotatable bonds is 4. The number of benzene rings is 3. The number of carbonyl (C=O) groups excluding carboxylic acids is 1. The molecule has 4 aromatic rings. The quantitative estimate of drug-likeness (QED) is 0.428. The van der Waals surface area contributed by atoms with Gasteiger partial charge in [-0.2, -0.15) is 0 Å². The molecule has 0 radical (unpaired) electrons. The minimum absolute atomic E-state index is 0.232. The van der Waals surface area contributed by atoms with Crippen LogP contribution in [0.15, 0.2) is 72.8 Å². The molecular weight excluding hydrogens is 383 g/mol. The van der Waals surface area contributed by atoms with Crippen molar-refractivity contribution in [2.75, 3.05) is 4.90 Å². The molecule has 3 aromatic carbocycles. The Bertz CT molecular complexity index is 1100. The topological polar surface area (TPSA) is 33.2 Å². The van der Waals surface area contributed by atoms with E-state index in [2.05, 4.69) is 4.98 Å². The fraction of sp³-hybridized carbons (Fsp3) is 0.0476. The van der Waals surface area contributed by atoms with E-state index in [1.807, 2.05) is 42.5 Å². The van der Waals surface area contributed by atoms with E-state index in [0.717, 1.165) is 15.8 Å². The Kier molecular flexibility index (Phi) is 4.88. The zero-order valence-corrected chi connectivity index (χ0v) is 15.7. The highest BCUT2D eigenvalue weighted by Gasteiger charge is 2.22. The number of amides is 1. The summed E-state index contributed by atoms with van der Waals surface area (Å²) in [7, 11) is 0. The predicted octanol–water partition coefficient (Wildman–Crippen LogP) is 5.94. The Morgan fingerprint density at radius 2 is 1.78 bits per heavy atom. The number of nitrogens with zero attached hydrogens (tertiary/aromatic N) is 2. The summed E-state index contributed by atoms with van der Waals surface area (Å²) in [6.45, 7) is 0.366. The van der Waals surface area contributed by atoms with Crippen LogP contribution in [0.1, 0.15) is 15.9 Å². The molecule has 0 aliphatic heterocycles. The molecule has 4 rings (SSSR count). The summed E-state index contributed by atoms with van der Waals surface area (Å²) < 4.78 is 14.2. The largest absolute Gasteiger partial charge is 0.279 e. The van der Waals surface area contributed by atoms with Gasteiger partial charge in [-0.1, -0.05) is 53.3 Å². The molecule has 0 aliphatic carbocycles. The third-order valence-electron chi connectivity index (χ3n) is 4.09. The predicted molar refractivity (Wildman–Crippen MR) is 108 cm³/mol. The van der Waals surface area contributed by atoms with E-state index in [9.17, 15) is 9.18 Å². The summed E-state index contributed by atoms with van der Waals surface area (Å²) in [5.41, 5.74) is 2.17. The average molecular weight is 397 g/mol. The Morgan fingerprint density at radius 3 is 2.52 bits per heavy atom. The van der Waals surface area contributed by atoms with Gasteiger partial charge in [0.25, 0.3) is 5.91 Å². The second-order valence-electron chi connectivity index (χ2n) is 5.99. The number of hydrogen-bond donors (Lipinski definition) is 0. The number of halogens is 2. The summed E-state index contributed by atoms with van der Waals surface area (Å²) in [4.78, 5) is 19.4. The minimum atomic E-state index is -0.379. The van der Waals surface area contributed by atoms with Crippen molar-refractivity contribution < 1.29 is 9.18 Å². The van der Waals surface area contributed by atoms with Gasteiger partial charge in [0.05, 0.1) is 16.8 Å². The average Bonchev–Trinajstić information content (AvgIpc) is 3.10. The van der Waals surface area contributed by atoms with Crippen molar-refractivity contribution in [2.45, 2.75) is 6.54 Å². The van der Waals surface area contributed by atoms with Gasteiger partial charge in [-0.3, -0.25) is 9.69 Å². The Labute approximate surface area is 164 Å². The Balaban J connectivity index is 1.76. The van der Waals surface area contributed by atoms with Crippen LogP contribution in [-0.2, 0) is 6.54 Å². The third-order valence-corrected chi connectivity index (χ3v) is 5.37. The van der Waals surface area contributed by atoms with E-state index in [0.29, 0.717) is 22.3 Å². The molecule has 0 bridgehead atoms. The van der Waals surface area contributed by atoms with Crippen molar-refractivity contribution in [1.29, 1.82) is 0 Å². The molecule has 27 heavy (non-hydrogen) atoms. The second kappa shape index (κ2) is 7.47. The highest BCUT2D eigenvalue weighted by Crippen LogP contribution is 2.32. The molecule has 1 aromatic heterocycles. The zero-order chi connectivity index (χ0) is 18.8. The first-order valence-electron chi connectivity index (χ1n) is 8.27. The molecule has 3 nitrogen and oxygen atoms in total. The SMILES string of the molecule is O=C(c1ccc(F)cc1)N(Cc1ccccc1)c1nc2ccc(Cl)cc2s1. The van der Waals surface area contributed by atoms with E-state index in [4.69, 9.17) is 11.6 Å². The molecule has 134 valence electrons. The number of thiazole rings is 1. The number of carbonyl (C=O) groups is 1. The van der Waals surface area contributed by atoms with Crippen LogP contribution < -0.4 is 4.90 Å².